The highest BCUT2D eigenvalue weighted by atomic mass is 127. The summed E-state index contributed by atoms with van der Waals surface area (Å²) in [6, 6.07) is 4.14. The number of halogens is 1. The Morgan fingerprint density at radius 1 is 1.36 bits per heavy atom. The number of pyridine rings is 1. The predicted molar refractivity (Wildman–Crippen MR) is 53.4 cm³/mol. The minimum Gasteiger partial charge on any atom is -0.241 e. The Balaban J connectivity index is 2.54. The molecule has 0 bridgehead atoms. The van der Waals surface area contributed by atoms with Gasteiger partial charge in [-0.2, -0.15) is 0 Å². The van der Waals surface area contributed by atoms with E-state index in [1.807, 2.05) is 12.3 Å². The van der Waals surface area contributed by atoms with Gasteiger partial charge in [-0.25, -0.2) is 9.98 Å². The van der Waals surface area contributed by atoms with Gasteiger partial charge < -0.3 is 0 Å². The molecule has 1 aliphatic heterocycles. The van der Waals surface area contributed by atoms with Crippen molar-refractivity contribution in [1.29, 1.82) is 0 Å². The molecule has 0 atom stereocenters. The number of hydrogen-bond acceptors (Lipinski definition) is 2. The molecule has 1 aromatic heterocycles. The zero-order valence-corrected chi connectivity index (χ0v) is 8.08. The first-order valence-electron chi connectivity index (χ1n) is 3.54. The van der Waals surface area contributed by atoms with Crippen molar-refractivity contribution in [2.24, 2.45) is 4.99 Å². The van der Waals surface area contributed by atoms with Crippen molar-refractivity contribution in [3.05, 3.63) is 21.4 Å². The largest absolute Gasteiger partial charge is 0.241 e. The van der Waals surface area contributed by atoms with Crippen LogP contribution in [-0.4, -0.2) is 11.2 Å². The first-order chi connectivity index (χ1) is 5.36. The van der Waals surface area contributed by atoms with E-state index in [1.54, 1.807) is 0 Å². The summed E-state index contributed by atoms with van der Waals surface area (Å²) in [5, 5.41) is 0. The van der Waals surface area contributed by atoms with Crippen LogP contribution < -0.4 is 0 Å². The molecule has 0 radical (unpaired) electrons. The van der Waals surface area contributed by atoms with E-state index in [0.29, 0.717) is 0 Å². The Kier molecular flexibility index (Phi) is 1.89. The van der Waals surface area contributed by atoms with Gasteiger partial charge in [0.2, 0.25) is 0 Å². The van der Waals surface area contributed by atoms with E-state index in [0.717, 1.165) is 22.4 Å². The van der Waals surface area contributed by atoms with Crippen molar-refractivity contribution in [3.8, 4) is 0 Å². The third-order valence-electron chi connectivity index (χ3n) is 1.68. The number of fused-ring (bicyclic) bond motifs is 1. The van der Waals surface area contributed by atoms with Crippen LogP contribution in [-0.2, 0) is 6.42 Å². The summed E-state index contributed by atoms with van der Waals surface area (Å²) in [6.45, 7) is 0. The number of hydrogen-bond donors (Lipinski definition) is 0. The summed E-state index contributed by atoms with van der Waals surface area (Å²) >= 11 is 2.20. The summed E-state index contributed by atoms with van der Waals surface area (Å²) in [4.78, 5) is 8.52. The summed E-state index contributed by atoms with van der Waals surface area (Å²) in [7, 11) is 0. The molecule has 56 valence electrons. The van der Waals surface area contributed by atoms with E-state index in [2.05, 4.69) is 38.6 Å². The van der Waals surface area contributed by atoms with Gasteiger partial charge in [0.05, 0.1) is 0 Å². The van der Waals surface area contributed by atoms with E-state index >= 15 is 0 Å². The van der Waals surface area contributed by atoms with Crippen molar-refractivity contribution in [2.75, 3.05) is 0 Å². The van der Waals surface area contributed by atoms with Crippen molar-refractivity contribution < 1.29 is 0 Å². The van der Waals surface area contributed by atoms with Crippen LogP contribution in [0.1, 0.15) is 12.0 Å². The van der Waals surface area contributed by atoms with Gasteiger partial charge in [-0.3, -0.25) is 0 Å². The molecule has 2 heterocycles. The molecule has 11 heavy (non-hydrogen) atoms. The van der Waals surface area contributed by atoms with Crippen LogP contribution in [0.25, 0.3) is 0 Å². The second kappa shape index (κ2) is 2.89. The highest BCUT2D eigenvalue weighted by Crippen LogP contribution is 2.21. The van der Waals surface area contributed by atoms with E-state index in [1.165, 1.54) is 5.56 Å². The van der Waals surface area contributed by atoms with Gasteiger partial charge in [0.15, 0.2) is 5.82 Å². The van der Waals surface area contributed by atoms with Crippen LogP contribution in [0.2, 0.25) is 0 Å². The zero-order chi connectivity index (χ0) is 7.68. The minimum atomic E-state index is 0.906. The summed E-state index contributed by atoms with van der Waals surface area (Å²) in [6.07, 6.45) is 4.07. The van der Waals surface area contributed by atoms with Crippen LogP contribution >= 0.6 is 22.6 Å². The second-order valence-corrected chi connectivity index (χ2v) is 3.57. The molecule has 0 spiro atoms. The standard InChI is InChI=1S/C8H7IN2/c9-7-4-3-6-2-1-5-10-8(6)11-7/h3-5H,1-2H2. The lowest BCUT2D eigenvalue weighted by atomic mass is 10.1. The average molecular weight is 258 g/mol. The molecule has 0 unspecified atom stereocenters. The molecule has 3 heteroatoms. The summed E-state index contributed by atoms with van der Waals surface area (Å²) < 4.78 is 1.01. The summed E-state index contributed by atoms with van der Waals surface area (Å²) in [5.41, 5.74) is 1.27. The number of aryl methyl sites for hydroxylation is 1. The first kappa shape index (κ1) is 7.21. The Morgan fingerprint density at radius 2 is 2.27 bits per heavy atom. The van der Waals surface area contributed by atoms with E-state index < -0.39 is 0 Å². The quantitative estimate of drug-likeness (QED) is 0.518. The van der Waals surface area contributed by atoms with Crippen molar-refractivity contribution in [1.82, 2.24) is 4.98 Å². The predicted octanol–water partition coefficient (Wildman–Crippen LogP) is 2.33. The third-order valence-corrected chi connectivity index (χ3v) is 2.28. The number of rotatable bonds is 0. The Hall–Kier alpha value is -0.450. The molecule has 0 aromatic carbocycles. The molecule has 0 fully saturated rings. The molecule has 0 aliphatic carbocycles. The van der Waals surface area contributed by atoms with E-state index in [-0.39, 0.29) is 0 Å². The minimum absolute atomic E-state index is 0.906. The smallest absolute Gasteiger partial charge is 0.155 e. The van der Waals surface area contributed by atoms with Gasteiger partial charge in [-0.05, 0) is 47.1 Å². The van der Waals surface area contributed by atoms with Crippen molar-refractivity contribution >= 4 is 34.6 Å². The van der Waals surface area contributed by atoms with Crippen LogP contribution in [0.3, 0.4) is 0 Å². The summed E-state index contributed by atoms with van der Waals surface area (Å²) in [5.74, 6) is 0.906. The van der Waals surface area contributed by atoms with Crippen molar-refractivity contribution in [2.45, 2.75) is 12.8 Å². The molecule has 0 amide bonds. The molecule has 2 nitrogen and oxygen atoms in total. The molecule has 1 aliphatic rings. The Morgan fingerprint density at radius 3 is 3.18 bits per heavy atom. The molecule has 2 rings (SSSR count). The zero-order valence-electron chi connectivity index (χ0n) is 5.92. The van der Waals surface area contributed by atoms with Crippen LogP contribution in [0.15, 0.2) is 17.1 Å². The molecule has 0 saturated heterocycles. The van der Waals surface area contributed by atoms with Crippen LogP contribution in [0.5, 0.6) is 0 Å². The van der Waals surface area contributed by atoms with Gasteiger partial charge in [-0.15, -0.1) is 0 Å². The maximum absolute atomic E-state index is 4.30. The second-order valence-electron chi connectivity index (χ2n) is 2.47. The van der Waals surface area contributed by atoms with E-state index in [9.17, 15) is 0 Å². The van der Waals surface area contributed by atoms with Gasteiger partial charge in [0.1, 0.15) is 3.70 Å². The lowest BCUT2D eigenvalue weighted by Gasteiger charge is -2.07. The van der Waals surface area contributed by atoms with Gasteiger partial charge in [0, 0.05) is 6.21 Å². The average Bonchev–Trinajstić information content (AvgIpc) is 2.04. The fraction of sp³-hybridized carbons (Fsp3) is 0.250. The van der Waals surface area contributed by atoms with Crippen molar-refractivity contribution in [3.63, 3.8) is 0 Å². The Bertz CT molecular complexity index is 307. The van der Waals surface area contributed by atoms with Crippen LogP contribution in [0, 0.1) is 3.70 Å². The maximum Gasteiger partial charge on any atom is 0.155 e. The molecular weight excluding hydrogens is 251 g/mol. The highest BCUT2D eigenvalue weighted by Gasteiger charge is 2.05. The van der Waals surface area contributed by atoms with Gasteiger partial charge in [-0.1, -0.05) is 6.07 Å². The number of aromatic nitrogens is 1. The topological polar surface area (TPSA) is 25.2 Å². The highest BCUT2D eigenvalue weighted by molar-refractivity contribution is 14.1. The van der Waals surface area contributed by atoms with E-state index in [4.69, 9.17) is 0 Å². The Labute approximate surface area is 78.9 Å². The molecule has 0 saturated carbocycles. The number of aliphatic imine (C=N–C) groups is 1. The molecule has 1 aromatic rings. The van der Waals surface area contributed by atoms with Crippen LogP contribution in [0.4, 0.5) is 5.82 Å². The number of nitrogens with zero attached hydrogens (tertiary/aromatic N) is 2. The normalized spacial score (nSPS) is 14.6. The lowest BCUT2D eigenvalue weighted by molar-refractivity contribution is 0.995. The first-order valence-corrected chi connectivity index (χ1v) is 4.62. The SMILES string of the molecule is Ic1ccc2c(n1)N=CCC2. The maximum atomic E-state index is 4.30. The fourth-order valence-electron chi connectivity index (χ4n) is 1.13. The monoisotopic (exact) mass is 258 g/mol. The molecular formula is C8H7IN2. The fourth-order valence-corrected chi connectivity index (χ4v) is 1.54. The van der Waals surface area contributed by atoms with Gasteiger partial charge >= 0.3 is 0 Å². The lowest BCUT2D eigenvalue weighted by Crippen LogP contribution is -1.96. The molecule has 0 N–H and O–H groups in total. The van der Waals surface area contributed by atoms with Gasteiger partial charge in [0.25, 0.3) is 0 Å². The third kappa shape index (κ3) is 1.42.